The van der Waals surface area contributed by atoms with Crippen LogP contribution in [0.25, 0.3) is 0 Å². The second kappa shape index (κ2) is 9.39. The molecule has 24 heavy (non-hydrogen) atoms. The predicted octanol–water partition coefficient (Wildman–Crippen LogP) is 6.53. The minimum atomic E-state index is -1.89. The van der Waals surface area contributed by atoms with Gasteiger partial charge in [0.05, 0.1) is 0 Å². The van der Waals surface area contributed by atoms with E-state index in [9.17, 15) is 0 Å². The van der Waals surface area contributed by atoms with Crippen molar-refractivity contribution in [3.05, 3.63) is 49.9 Å². The van der Waals surface area contributed by atoms with Crippen molar-refractivity contribution in [1.29, 1.82) is 0 Å². The molecule has 1 unspecified atom stereocenters. The number of hydrogen-bond donors (Lipinski definition) is 0. The number of hydrogen-bond acceptors (Lipinski definition) is 1. The van der Waals surface area contributed by atoms with Gasteiger partial charge in [-0.3, -0.25) is 0 Å². The average molecular weight is 405 g/mol. The fraction of sp³-hybridized carbons (Fsp3) is 0.450. The molecule has 0 N–H and O–H groups in total. The normalized spacial score (nSPS) is 16.6. The summed E-state index contributed by atoms with van der Waals surface area (Å²) >= 11 is -1.89. The molecule has 1 aromatic carbocycles. The van der Waals surface area contributed by atoms with Crippen LogP contribution in [0, 0.1) is 19.8 Å². The van der Waals surface area contributed by atoms with Gasteiger partial charge in [0.1, 0.15) is 0 Å². The van der Waals surface area contributed by atoms with E-state index in [0.717, 1.165) is 5.75 Å². The first kappa shape index (κ1) is 23.7. The van der Waals surface area contributed by atoms with Crippen molar-refractivity contribution >= 4 is 28.6 Å². The molecule has 0 fully saturated rings. The second-order valence-electron chi connectivity index (χ2n) is 6.82. The van der Waals surface area contributed by atoms with Crippen molar-refractivity contribution in [2.75, 3.05) is 0 Å². The number of benzene rings is 1. The maximum absolute atomic E-state index is 6.60. The Morgan fingerprint density at radius 2 is 1.38 bits per heavy atom. The van der Waals surface area contributed by atoms with Crippen LogP contribution in [0.3, 0.4) is 0 Å². The summed E-state index contributed by atoms with van der Waals surface area (Å²) in [5.74, 6) is 1.58. The van der Waals surface area contributed by atoms with Gasteiger partial charge in [0, 0.05) is 0 Å². The largest absolute Gasteiger partial charge is 0.147 e. The Hall–Kier alpha value is -0.336. The summed E-state index contributed by atoms with van der Waals surface area (Å²) in [5, 5.41) is 0. The second-order valence-corrected chi connectivity index (χ2v) is 10.6. The van der Waals surface area contributed by atoms with Crippen molar-refractivity contribution < 1.29 is 21.1 Å². The molecule has 4 heteroatoms. The van der Waals surface area contributed by atoms with Gasteiger partial charge in [-0.2, -0.15) is 0 Å². The molecule has 0 saturated carbocycles. The summed E-state index contributed by atoms with van der Waals surface area (Å²) in [7, 11) is 0. The number of rotatable bonds is 3. The maximum atomic E-state index is 6.60. The van der Waals surface area contributed by atoms with Gasteiger partial charge in [-0.25, -0.2) is 0 Å². The van der Waals surface area contributed by atoms with Crippen LogP contribution in [0.15, 0.2) is 38.8 Å². The molecule has 2 rings (SSSR count). The summed E-state index contributed by atoms with van der Waals surface area (Å²) < 4.78 is 9.67. The smallest absolute Gasteiger partial charge is 0.147 e. The van der Waals surface area contributed by atoms with Crippen molar-refractivity contribution in [1.82, 2.24) is 0 Å². The standard InChI is InChI=1S/C9H13.C8H10O.C3H6.2ClH.Ti/c1-6-5-7(2)9(4)8(6)3;1-6-3-7(2)5-8(9)4-6;1-3-2;;;/h6H,1-4H3;3-5,9H,1-2H3;1-2H3;2*1H;/q;;;;;+1/p-1. The van der Waals surface area contributed by atoms with Gasteiger partial charge in [-0.15, -0.1) is 24.8 Å². The molecule has 1 atom stereocenters. The predicted molar refractivity (Wildman–Crippen MR) is 108 cm³/mol. The molecular formula is C20H30Cl2OTi. The van der Waals surface area contributed by atoms with Crippen molar-refractivity contribution in [2.45, 2.75) is 55.4 Å². The summed E-state index contributed by atoms with van der Waals surface area (Å²) in [6, 6.07) is 6.55. The fourth-order valence-electron chi connectivity index (χ4n) is 3.27. The Balaban J connectivity index is 0.00000264. The molecule has 0 aromatic heterocycles. The zero-order valence-corrected chi connectivity index (χ0v) is 19.2. The number of halogens is 2. The molecule has 1 aliphatic rings. The van der Waals surface area contributed by atoms with Crippen molar-refractivity contribution in [3.63, 3.8) is 0 Å². The van der Waals surface area contributed by atoms with E-state index in [0.29, 0.717) is 5.92 Å². The topological polar surface area (TPSA) is 9.23 Å². The molecule has 0 heterocycles. The van der Waals surface area contributed by atoms with E-state index >= 15 is 0 Å². The van der Waals surface area contributed by atoms with Gasteiger partial charge in [-0.1, -0.05) is 0 Å². The molecule has 0 amide bonds. The third-order valence-corrected chi connectivity index (χ3v) is 8.89. The molecule has 134 valence electrons. The van der Waals surface area contributed by atoms with E-state index < -0.39 is 17.8 Å². The van der Waals surface area contributed by atoms with Crippen LogP contribution in [-0.4, -0.2) is 3.81 Å². The van der Waals surface area contributed by atoms with Crippen molar-refractivity contribution in [2.24, 2.45) is 5.92 Å². The fourth-order valence-corrected chi connectivity index (χ4v) is 6.93. The number of allylic oxidation sites excluding steroid dienone is 4. The Labute approximate surface area is 166 Å². The third-order valence-electron chi connectivity index (χ3n) is 4.75. The average Bonchev–Trinajstić information content (AvgIpc) is 2.60. The Morgan fingerprint density at radius 1 is 0.875 bits per heavy atom. The van der Waals surface area contributed by atoms with Crippen molar-refractivity contribution in [3.8, 4) is 5.75 Å². The van der Waals surface area contributed by atoms with Crippen LogP contribution in [0.2, 0.25) is 0 Å². The van der Waals surface area contributed by atoms with Crippen LogP contribution in [0.4, 0.5) is 0 Å². The molecule has 1 aliphatic carbocycles. The van der Waals surface area contributed by atoms with Crippen LogP contribution >= 0.6 is 24.8 Å². The van der Waals surface area contributed by atoms with E-state index in [1.807, 2.05) is 0 Å². The van der Waals surface area contributed by atoms with Crippen LogP contribution in [-0.2, 0) is 17.8 Å². The van der Waals surface area contributed by atoms with E-state index in [1.54, 1.807) is 3.88 Å². The molecule has 0 bridgehead atoms. The minimum absolute atomic E-state index is 0. The monoisotopic (exact) mass is 404 g/mol. The molecule has 0 saturated heterocycles. The van der Waals surface area contributed by atoms with E-state index in [2.05, 4.69) is 73.6 Å². The van der Waals surface area contributed by atoms with E-state index in [4.69, 9.17) is 3.32 Å². The molecule has 1 nitrogen and oxygen atoms in total. The summed E-state index contributed by atoms with van der Waals surface area (Å²) in [6.07, 6.45) is 0. The zero-order chi connectivity index (χ0) is 16.6. The van der Waals surface area contributed by atoms with Gasteiger partial charge in [0.25, 0.3) is 0 Å². The first-order chi connectivity index (χ1) is 10.2. The molecule has 1 aromatic rings. The third kappa shape index (κ3) is 4.85. The van der Waals surface area contributed by atoms with Gasteiger partial charge in [-0.05, 0) is 0 Å². The van der Waals surface area contributed by atoms with Gasteiger partial charge >= 0.3 is 142 Å². The van der Waals surface area contributed by atoms with Crippen LogP contribution in [0.5, 0.6) is 5.75 Å². The van der Waals surface area contributed by atoms with E-state index in [1.165, 1.54) is 31.7 Å². The van der Waals surface area contributed by atoms with Crippen LogP contribution in [0.1, 0.15) is 52.7 Å². The molecule has 0 radical (unpaired) electrons. The first-order valence-electron chi connectivity index (χ1n) is 8.04. The van der Waals surface area contributed by atoms with Gasteiger partial charge in [0.2, 0.25) is 0 Å². The molecule has 0 spiro atoms. The summed E-state index contributed by atoms with van der Waals surface area (Å²) in [6.45, 7) is 17.9. The quantitative estimate of drug-likeness (QED) is 0.520. The van der Waals surface area contributed by atoms with Gasteiger partial charge in [0.15, 0.2) is 0 Å². The Morgan fingerprint density at radius 3 is 1.75 bits per heavy atom. The SMILES string of the molecule is CC1=C(C)C(C)[C]([Ti]([O]c2cc(C)cc(C)c2)=[C](C)C)=C1C.Cl.Cl. The summed E-state index contributed by atoms with van der Waals surface area (Å²) in [5.41, 5.74) is 7.01. The number of aryl methyl sites for hydroxylation is 2. The van der Waals surface area contributed by atoms with E-state index in [-0.39, 0.29) is 24.8 Å². The maximum Gasteiger partial charge on any atom is -0.147 e. The van der Waals surface area contributed by atoms with Gasteiger partial charge < -0.3 is 0 Å². The Kier molecular flexibility index (Phi) is 9.25. The minimum Gasteiger partial charge on any atom is -0.147 e. The first-order valence-corrected chi connectivity index (χ1v) is 10.2. The zero-order valence-electron chi connectivity index (χ0n) is 16.0. The molecular weight excluding hydrogens is 375 g/mol. The van der Waals surface area contributed by atoms with Crippen LogP contribution < -0.4 is 3.32 Å². The summed E-state index contributed by atoms with van der Waals surface area (Å²) in [4.78, 5) is 0. The molecule has 0 aliphatic heterocycles. The Bertz CT molecular complexity index is 690.